The van der Waals surface area contributed by atoms with E-state index in [9.17, 15) is 0 Å². The maximum Gasteiger partial charge on any atom is 0.0738 e. The topological polar surface area (TPSA) is 21.3 Å². The second-order valence-electron chi connectivity index (χ2n) is 4.40. The molecule has 0 aromatic heterocycles. The molecule has 0 saturated carbocycles. The van der Waals surface area contributed by atoms with Crippen LogP contribution in [0.5, 0.6) is 0 Å². The Bertz CT molecular complexity index is 368. The molecule has 1 aromatic rings. The molecule has 1 aliphatic rings. The second-order valence-corrected chi connectivity index (χ2v) is 5.66. The van der Waals surface area contributed by atoms with E-state index in [1.807, 2.05) is 0 Å². The molecule has 0 radical (unpaired) electrons. The average Bonchev–Trinajstić information content (AvgIpc) is 2.35. The molecular weight excluding hydrogens is 302 g/mol. The van der Waals surface area contributed by atoms with Crippen LogP contribution in [0.2, 0.25) is 5.02 Å². The fourth-order valence-electron chi connectivity index (χ4n) is 2.24. The van der Waals surface area contributed by atoms with Crippen LogP contribution in [0, 0.1) is 0 Å². The molecule has 4 heteroatoms. The lowest BCUT2D eigenvalue weighted by atomic mass is 9.97. The lowest BCUT2D eigenvalue weighted by Crippen LogP contribution is -2.26. The fourth-order valence-corrected chi connectivity index (χ4v) is 3.23. The Balaban J connectivity index is 2.24. The molecule has 1 unspecified atom stereocenters. The summed E-state index contributed by atoms with van der Waals surface area (Å²) in [5.41, 5.74) is 2.29. The van der Waals surface area contributed by atoms with Gasteiger partial charge in [0.25, 0.3) is 0 Å². The molecule has 17 heavy (non-hydrogen) atoms. The van der Waals surface area contributed by atoms with Gasteiger partial charge in [-0.3, -0.25) is 0 Å². The number of halogens is 2. The average molecular weight is 319 g/mol. The van der Waals surface area contributed by atoms with Crippen LogP contribution < -0.4 is 5.32 Å². The molecule has 1 aromatic carbocycles. The summed E-state index contributed by atoms with van der Waals surface area (Å²) in [5.74, 6) is 0. The second kappa shape index (κ2) is 6.19. The number of nitrogens with one attached hydrogen (secondary N) is 1. The Morgan fingerprint density at radius 3 is 2.88 bits per heavy atom. The molecule has 2 rings (SSSR count). The van der Waals surface area contributed by atoms with Crippen molar-refractivity contribution in [3.05, 3.63) is 32.8 Å². The van der Waals surface area contributed by atoms with Crippen LogP contribution in [-0.2, 0) is 11.3 Å². The van der Waals surface area contributed by atoms with Crippen molar-refractivity contribution in [3.8, 4) is 0 Å². The van der Waals surface area contributed by atoms with Gasteiger partial charge in [-0.1, -0.05) is 34.0 Å². The predicted octanol–water partition coefficient (Wildman–Crippen LogP) is 4.06. The minimum atomic E-state index is 0.439. The predicted molar refractivity (Wildman–Crippen MR) is 74.5 cm³/mol. The minimum Gasteiger partial charge on any atom is -0.380 e. The maximum atomic E-state index is 6.29. The summed E-state index contributed by atoms with van der Waals surface area (Å²) in [4.78, 5) is 0. The zero-order chi connectivity index (χ0) is 12.3. The number of ether oxygens (including phenoxy) is 1. The smallest absolute Gasteiger partial charge is 0.0738 e. The molecular formula is C13H17BrClNO. The van der Waals surface area contributed by atoms with Gasteiger partial charge >= 0.3 is 0 Å². The van der Waals surface area contributed by atoms with Gasteiger partial charge in [-0.15, -0.1) is 0 Å². The van der Waals surface area contributed by atoms with E-state index in [4.69, 9.17) is 16.3 Å². The number of methoxy groups -OCH3 is 1. The molecule has 0 spiro atoms. The Labute approximate surface area is 116 Å². The molecule has 1 saturated heterocycles. The quantitative estimate of drug-likeness (QED) is 0.907. The van der Waals surface area contributed by atoms with E-state index in [1.54, 1.807) is 7.11 Å². The molecule has 1 atom stereocenters. The highest BCUT2D eigenvalue weighted by atomic mass is 79.9. The molecule has 0 amide bonds. The van der Waals surface area contributed by atoms with Gasteiger partial charge in [-0.05, 0) is 37.1 Å². The van der Waals surface area contributed by atoms with E-state index < -0.39 is 0 Å². The van der Waals surface area contributed by atoms with Gasteiger partial charge in [0, 0.05) is 28.2 Å². The number of rotatable bonds is 3. The minimum absolute atomic E-state index is 0.439. The van der Waals surface area contributed by atoms with Gasteiger partial charge in [-0.25, -0.2) is 0 Å². The largest absolute Gasteiger partial charge is 0.380 e. The lowest BCUT2D eigenvalue weighted by Gasteiger charge is -2.24. The van der Waals surface area contributed by atoms with Crippen LogP contribution in [0.25, 0.3) is 0 Å². The molecule has 1 aliphatic heterocycles. The first kappa shape index (κ1) is 13.3. The Hall–Kier alpha value is -0.0900. The van der Waals surface area contributed by atoms with E-state index in [-0.39, 0.29) is 0 Å². The molecule has 1 fully saturated rings. The molecule has 1 N–H and O–H groups in total. The van der Waals surface area contributed by atoms with Crippen LogP contribution in [0.15, 0.2) is 16.6 Å². The third-order valence-electron chi connectivity index (χ3n) is 3.16. The highest BCUT2D eigenvalue weighted by Crippen LogP contribution is 2.32. The molecule has 0 bridgehead atoms. The Morgan fingerprint density at radius 2 is 2.29 bits per heavy atom. The molecule has 2 nitrogen and oxygen atoms in total. The van der Waals surface area contributed by atoms with Crippen molar-refractivity contribution in [3.63, 3.8) is 0 Å². The van der Waals surface area contributed by atoms with E-state index in [2.05, 4.69) is 33.4 Å². The molecule has 0 aliphatic carbocycles. The Kier molecular flexibility index (Phi) is 4.86. The highest BCUT2D eigenvalue weighted by Gasteiger charge is 2.17. The van der Waals surface area contributed by atoms with Crippen molar-refractivity contribution < 1.29 is 4.74 Å². The van der Waals surface area contributed by atoms with Crippen LogP contribution in [0.3, 0.4) is 0 Å². The summed E-state index contributed by atoms with van der Waals surface area (Å²) in [6.07, 6.45) is 3.74. The number of hydrogen-bond donors (Lipinski definition) is 1. The van der Waals surface area contributed by atoms with Crippen LogP contribution >= 0.6 is 27.5 Å². The number of benzene rings is 1. The summed E-state index contributed by atoms with van der Waals surface area (Å²) in [5, 5.41) is 4.31. The summed E-state index contributed by atoms with van der Waals surface area (Å²) in [7, 11) is 1.68. The zero-order valence-electron chi connectivity index (χ0n) is 9.93. The summed E-state index contributed by atoms with van der Waals surface area (Å²) >= 11 is 9.87. The highest BCUT2D eigenvalue weighted by molar-refractivity contribution is 9.10. The van der Waals surface area contributed by atoms with Crippen molar-refractivity contribution in [2.75, 3.05) is 13.7 Å². The van der Waals surface area contributed by atoms with Crippen LogP contribution in [-0.4, -0.2) is 13.7 Å². The third kappa shape index (κ3) is 3.22. The van der Waals surface area contributed by atoms with Gasteiger partial charge < -0.3 is 10.1 Å². The van der Waals surface area contributed by atoms with Crippen molar-refractivity contribution >= 4 is 27.5 Å². The van der Waals surface area contributed by atoms with E-state index in [0.717, 1.165) is 21.6 Å². The van der Waals surface area contributed by atoms with Crippen molar-refractivity contribution in [1.82, 2.24) is 5.32 Å². The van der Waals surface area contributed by atoms with Crippen LogP contribution in [0.1, 0.15) is 36.4 Å². The van der Waals surface area contributed by atoms with Gasteiger partial charge in [0.05, 0.1) is 6.61 Å². The third-order valence-corrected chi connectivity index (χ3v) is 4.21. The fraction of sp³-hybridized carbons (Fsp3) is 0.538. The summed E-state index contributed by atoms with van der Waals surface area (Å²) in [6.45, 7) is 1.64. The van der Waals surface area contributed by atoms with Crippen molar-refractivity contribution in [2.45, 2.75) is 31.9 Å². The standard InChI is InChI=1S/C13H17BrClNO/c1-17-8-10-11(14)6-9(7-12(10)15)13-4-2-3-5-16-13/h6-7,13,16H,2-5,8H2,1H3. The van der Waals surface area contributed by atoms with E-state index in [1.165, 1.54) is 24.8 Å². The zero-order valence-corrected chi connectivity index (χ0v) is 12.3. The number of piperidine rings is 1. The van der Waals surface area contributed by atoms with Crippen LogP contribution in [0.4, 0.5) is 0 Å². The number of hydrogen-bond acceptors (Lipinski definition) is 2. The summed E-state index contributed by atoms with van der Waals surface area (Å²) < 4.78 is 6.18. The van der Waals surface area contributed by atoms with Crippen molar-refractivity contribution in [1.29, 1.82) is 0 Å². The first-order valence-electron chi connectivity index (χ1n) is 5.92. The Morgan fingerprint density at radius 1 is 1.47 bits per heavy atom. The van der Waals surface area contributed by atoms with Gasteiger partial charge in [-0.2, -0.15) is 0 Å². The van der Waals surface area contributed by atoms with Gasteiger partial charge in [0.1, 0.15) is 0 Å². The lowest BCUT2D eigenvalue weighted by molar-refractivity contribution is 0.184. The molecule has 94 valence electrons. The van der Waals surface area contributed by atoms with Crippen molar-refractivity contribution in [2.24, 2.45) is 0 Å². The SMILES string of the molecule is COCc1c(Cl)cc(C2CCCCN2)cc1Br. The van der Waals surface area contributed by atoms with Gasteiger partial charge in [0.15, 0.2) is 0 Å². The summed E-state index contributed by atoms with van der Waals surface area (Å²) in [6, 6.07) is 4.65. The monoisotopic (exact) mass is 317 g/mol. The van der Waals surface area contributed by atoms with Gasteiger partial charge in [0.2, 0.25) is 0 Å². The van der Waals surface area contributed by atoms with E-state index in [0.29, 0.717) is 12.6 Å². The first-order valence-corrected chi connectivity index (χ1v) is 7.09. The van der Waals surface area contributed by atoms with E-state index >= 15 is 0 Å². The normalized spacial score (nSPS) is 20.5. The molecule has 1 heterocycles. The first-order chi connectivity index (χ1) is 8.22. The maximum absolute atomic E-state index is 6.29.